The van der Waals surface area contributed by atoms with E-state index in [9.17, 15) is 14.4 Å². The quantitative estimate of drug-likeness (QED) is 0.440. The minimum atomic E-state index is -0.471. The summed E-state index contributed by atoms with van der Waals surface area (Å²) in [6.07, 6.45) is 1.62. The first kappa shape index (κ1) is 24.7. The van der Waals surface area contributed by atoms with Crippen molar-refractivity contribution in [3.05, 3.63) is 56.0 Å². The molecule has 0 aliphatic heterocycles. The lowest BCUT2D eigenvalue weighted by molar-refractivity contribution is -0.113. The average Bonchev–Trinajstić information content (AvgIpc) is 2.78. The number of thioether (sulfide) groups is 1. The summed E-state index contributed by atoms with van der Waals surface area (Å²) in [5, 5.41) is 3.69. The molecule has 0 saturated heterocycles. The van der Waals surface area contributed by atoms with Gasteiger partial charge < -0.3 is 5.32 Å². The topological polar surface area (TPSA) is 98.9 Å². The number of aromatic nitrogens is 4. The Kier molecular flexibility index (Phi) is 7.11. The fourth-order valence-corrected chi connectivity index (χ4v) is 4.40. The van der Waals surface area contributed by atoms with Gasteiger partial charge in [0.25, 0.3) is 5.56 Å². The van der Waals surface area contributed by atoms with Crippen molar-refractivity contribution < 1.29 is 4.79 Å². The molecule has 3 aromatic rings. The van der Waals surface area contributed by atoms with E-state index in [1.807, 2.05) is 39.0 Å². The fraction of sp³-hybridized carbons (Fsp3) is 0.458. The Morgan fingerprint density at radius 3 is 2.18 bits per heavy atom. The Balaban J connectivity index is 2.02. The Labute approximate surface area is 197 Å². The molecule has 0 unspecified atom stereocenters. The van der Waals surface area contributed by atoms with E-state index in [2.05, 4.69) is 29.1 Å². The maximum Gasteiger partial charge on any atom is 0.332 e. The molecule has 33 heavy (non-hydrogen) atoms. The van der Waals surface area contributed by atoms with Gasteiger partial charge >= 0.3 is 5.69 Å². The van der Waals surface area contributed by atoms with Crippen LogP contribution in [0, 0.1) is 0 Å². The van der Waals surface area contributed by atoms with Crippen molar-refractivity contribution in [2.45, 2.75) is 57.9 Å². The van der Waals surface area contributed by atoms with Crippen molar-refractivity contribution in [2.75, 3.05) is 11.1 Å². The molecule has 1 aromatic carbocycles. The Hall–Kier alpha value is -2.94. The first-order valence-corrected chi connectivity index (χ1v) is 12.0. The summed E-state index contributed by atoms with van der Waals surface area (Å²) < 4.78 is 2.39. The molecule has 0 bridgehead atoms. The van der Waals surface area contributed by atoms with Crippen molar-refractivity contribution in [2.24, 2.45) is 14.1 Å². The predicted molar refractivity (Wildman–Crippen MR) is 133 cm³/mol. The van der Waals surface area contributed by atoms with Gasteiger partial charge in [-0.3, -0.25) is 18.7 Å². The number of aryl methyl sites for hydroxylation is 3. The van der Waals surface area contributed by atoms with Crippen LogP contribution in [-0.2, 0) is 37.1 Å². The van der Waals surface area contributed by atoms with Crippen molar-refractivity contribution in [1.29, 1.82) is 0 Å². The van der Waals surface area contributed by atoms with Crippen LogP contribution in [-0.4, -0.2) is 30.8 Å². The summed E-state index contributed by atoms with van der Waals surface area (Å²) in [5.41, 5.74) is 1.96. The summed E-state index contributed by atoms with van der Waals surface area (Å²) in [5.74, 6) is 0.398. The van der Waals surface area contributed by atoms with Crippen LogP contribution in [0.15, 0.2) is 32.8 Å². The smallest absolute Gasteiger partial charge is 0.325 e. The van der Waals surface area contributed by atoms with Crippen LogP contribution in [0.3, 0.4) is 0 Å². The molecule has 9 heteroatoms. The van der Waals surface area contributed by atoms with Gasteiger partial charge in [-0.1, -0.05) is 64.6 Å². The minimum absolute atomic E-state index is 0.0723. The first-order chi connectivity index (χ1) is 15.5. The third-order valence-corrected chi connectivity index (χ3v) is 6.52. The van der Waals surface area contributed by atoms with E-state index in [0.29, 0.717) is 10.9 Å². The normalized spacial score (nSPS) is 11.7. The highest BCUT2D eigenvalue weighted by Crippen LogP contribution is 2.28. The number of nitrogens with one attached hydrogen (secondary N) is 1. The highest BCUT2D eigenvalue weighted by atomic mass is 32.2. The number of amides is 1. The van der Waals surface area contributed by atoms with Gasteiger partial charge in [0.1, 0.15) is 16.2 Å². The fourth-order valence-electron chi connectivity index (χ4n) is 3.58. The predicted octanol–water partition coefficient (Wildman–Crippen LogP) is 3.18. The Morgan fingerprint density at radius 2 is 1.64 bits per heavy atom. The lowest BCUT2D eigenvalue weighted by Crippen LogP contribution is -2.38. The molecule has 2 heterocycles. The average molecular weight is 470 g/mol. The number of hydrogen-bond donors (Lipinski definition) is 1. The summed E-state index contributed by atoms with van der Waals surface area (Å²) in [7, 11) is 3.01. The van der Waals surface area contributed by atoms with Crippen LogP contribution < -0.4 is 16.6 Å². The van der Waals surface area contributed by atoms with Gasteiger partial charge in [-0.25, -0.2) is 14.8 Å². The highest BCUT2D eigenvalue weighted by Gasteiger charge is 2.24. The molecule has 3 rings (SSSR count). The number of para-hydroxylation sites is 1. The van der Waals surface area contributed by atoms with Gasteiger partial charge in [0.15, 0.2) is 5.65 Å². The Morgan fingerprint density at radius 1 is 1.03 bits per heavy atom. The van der Waals surface area contributed by atoms with Crippen LogP contribution in [0.4, 0.5) is 5.69 Å². The number of benzene rings is 1. The molecule has 0 spiro atoms. The Bertz CT molecular complexity index is 1310. The maximum atomic E-state index is 12.9. The van der Waals surface area contributed by atoms with Crippen LogP contribution in [0.25, 0.3) is 11.0 Å². The van der Waals surface area contributed by atoms with E-state index in [4.69, 9.17) is 0 Å². The molecule has 8 nitrogen and oxygen atoms in total. The van der Waals surface area contributed by atoms with Crippen LogP contribution in [0.2, 0.25) is 0 Å². The first-order valence-electron chi connectivity index (χ1n) is 11.0. The molecule has 0 atom stereocenters. The zero-order valence-electron chi connectivity index (χ0n) is 20.3. The van der Waals surface area contributed by atoms with Gasteiger partial charge in [0.05, 0.1) is 5.75 Å². The number of fused-ring (bicyclic) bond motifs is 1. The zero-order chi connectivity index (χ0) is 24.5. The molecule has 1 N–H and O–H groups in total. The number of hydrogen-bond acceptors (Lipinski definition) is 6. The second-order valence-electron chi connectivity index (χ2n) is 9.00. The summed E-state index contributed by atoms with van der Waals surface area (Å²) in [4.78, 5) is 47.5. The van der Waals surface area contributed by atoms with Crippen molar-refractivity contribution >= 4 is 34.4 Å². The van der Waals surface area contributed by atoms with Crippen LogP contribution >= 0.6 is 11.8 Å². The second-order valence-corrected chi connectivity index (χ2v) is 9.97. The highest BCUT2D eigenvalue weighted by molar-refractivity contribution is 8.00. The van der Waals surface area contributed by atoms with Crippen molar-refractivity contribution in [3.63, 3.8) is 0 Å². The number of carbonyl (C=O) groups is 1. The zero-order valence-corrected chi connectivity index (χ0v) is 21.1. The number of rotatable bonds is 6. The second kappa shape index (κ2) is 9.51. The third kappa shape index (κ3) is 4.88. The SMILES string of the molecule is CCc1cccc(CC)c1NC(=O)CSc1nc(C(C)(C)C)nc2c1c(=O)n(C)c(=O)n2C. The maximum absolute atomic E-state index is 12.9. The lowest BCUT2D eigenvalue weighted by atomic mass is 9.96. The molecule has 0 radical (unpaired) electrons. The van der Waals surface area contributed by atoms with Gasteiger partial charge in [0, 0.05) is 25.2 Å². The number of carbonyl (C=O) groups excluding carboxylic acids is 1. The summed E-state index contributed by atoms with van der Waals surface area (Å²) in [6, 6.07) is 6.03. The molecular formula is C24H31N5O3S. The van der Waals surface area contributed by atoms with Crippen molar-refractivity contribution in [1.82, 2.24) is 19.1 Å². The monoisotopic (exact) mass is 469 g/mol. The number of nitrogens with zero attached hydrogens (tertiary/aromatic N) is 4. The van der Waals surface area contributed by atoms with Crippen LogP contribution in [0.5, 0.6) is 0 Å². The molecule has 0 aliphatic carbocycles. The summed E-state index contributed by atoms with van der Waals surface area (Å²) >= 11 is 1.18. The van der Waals surface area contributed by atoms with Gasteiger partial charge in [0.2, 0.25) is 5.91 Å². The van der Waals surface area contributed by atoms with E-state index < -0.39 is 16.7 Å². The third-order valence-electron chi connectivity index (χ3n) is 5.54. The van der Waals surface area contributed by atoms with Crippen molar-refractivity contribution in [3.8, 4) is 0 Å². The van der Waals surface area contributed by atoms with Gasteiger partial charge in [-0.15, -0.1) is 0 Å². The molecular weight excluding hydrogens is 438 g/mol. The number of anilines is 1. The molecule has 0 fully saturated rings. The molecule has 1 amide bonds. The van der Waals surface area contributed by atoms with Gasteiger partial charge in [-0.05, 0) is 24.0 Å². The lowest BCUT2D eigenvalue weighted by Gasteiger charge is -2.19. The minimum Gasteiger partial charge on any atom is -0.325 e. The van der Waals surface area contributed by atoms with E-state index >= 15 is 0 Å². The van der Waals surface area contributed by atoms with Gasteiger partial charge in [-0.2, -0.15) is 0 Å². The molecule has 0 saturated carbocycles. The largest absolute Gasteiger partial charge is 0.332 e. The molecule has 176 valence electrons. The summed E-state index contributed by atoms with van der Waals surface area (Å²) in [6.45, 7) is 9.99. The van der Waals surface area contributed by atoms with E-state index in [-0.39, 0.29) is 22.7 Å². The van der Waals surface area contributed by atoms with Crippen LogP contribution in [0.1, 0.15) is 51.6 Å². The molecule has 2 aromatic heterocycles. The van der Waals surface area contributed by atoms with E-state index in [1.54, 1.807) is 7.05 Å². The van der Waals surface area contributed by atoms with E-state index in [0.717, 1.165) is 34.2 Å². The standard InChI is InChI=1S/C24H31N5O3S/c1-8-14-11-10-12-15(9-2)18(14)25-16(30)13-33-20-17-19(26-22(27-20)24(3,4)5)28(6)23(32)29(7)21(17)31/h10-12H,8-9,13H2,1-7H3,(H,25,30). The van der Waals surface area contributed by atoms with E-state index in [1.165, 1.54) is 23.4 Å². The molecule has 0 aliphatic rings.